The Balaban J connectivity index is 1.92. The lowest BCUT2D eigenvalue weighted by Gasteiger charge is -2.23. The van der Waals surface area contributed by atoms with Crippen LogP contribution in [0.25, 0.3) is 5.76 Å². The van der Waals surface area contributed by atoms with Crippen LogP contribution >= 0.6 is 11.6 Å². The summed E-state index contributed by atoms with van der Waals surface area (Å²) < 4.78 is 16.3. The summed E-state index contributed by atoms with van der Waals surface area (Å²) in [4.78, 5) is 27.5. The largest absolute Gasteiger partial charge is 0.507 e. The molecule has 2 heterocycles. The van der Waals surface area contributed by atoms with Gasteiger partial charge < -0.3 is 19.0 Å². The molecule has 164 valence electrons. The van der Waals surface area contributed by atoms with E-state index in [1.165, 1.54) is 24.3 Å². The van der Waals surface area contributed by atoms with Crippen LogP contribution in [0.5, 0.6) is 11.5 Å². The smallest absolute Gasteiger partial charge is 0.300 e. The summed E-state index contributed by atoms with van der Waals surface area (Å²) >= 11 is 6.32. The number of amides is 1. The number of methoxy groups -OCH3 is 1. The first-order valence-corrected chi connectivity index (χ1v) is 10.2. The van der Waals surface area contributed by atoms with Crippen molar-refractivity contribution < 1.29 is 28.6 Å². The third-order valence-electron chi connectivity index (χ3n) is 5.09. The summed E-state index contributed by atoms with van der Waals surface area (Å²) in [6, 6.07) is 13.7. The molecule has 0 radical (unpaired) electrons. The van der Waals surface area contributed by atoms with Gasteiger partial charge in [0.2, 0.25) is 0 Å². The molecule has 2 aromatic carbocycles. The van der Waals surface area contributed by atoms with Crippen LogP contribution in [0.3, 0.4) is 0 Å². The van der Waals surface area contributed by atoms with Gasteiger partial charge in [0.1, 0.15) is 29.1 Å². The molecule has 1 aromatic heterocycles. The van der Waals surface area contributed by atoms with E-state index < -0.39 is 23.5 Å². The van der Waals surface area contributed by atoms with E-state index in [4.69, 9.17) is 25.5 Å². The molecule has 1 atom stereocenters. The number of rotatable bonds is 6. The van der Waals surface area contributed by atoms with Crippen molar-refractivity contribution in [3.05, 3.63) is 82.8 Å². The Morgan fingerprint density at radius 3 is 2.62 bits per heavy atom. The number of anilines is 1. The molecule has 0 aliphatic carbocycles. The predicted molar refractivity (Wildman–Crippen MR) is 119 cm³/mol. The monoisotopic (exact) mass is 453 g/mol. The average Bonchev–Trinajstić information content (AvgIpc) is 3.42. The maximum Gasteiger partial charge on any atom is 0.300 e. The van der Waals surface area contributed by atoms with Crippen molar-refractivity contribution in [1.82, 2.24) is 0 Å². The maximum absolute atomic E-state index is 13.1. The van der Waals surface area contributed by atoms with Gasteiger partial charge in [0, 0.05) is 17.3 Å². The second kappa shape index (κ2) is 8.80. The Labute approximate surface area is 189 Å². The second-order valence-corrected chi connectivity index (χ2v) is 7.37. The number of Topliss-reactive ketones (excluding diaryl/α,β-unsaturated/α-hetero) is 1. The van der Waals surface area contributed by atoms with Crippen LogP contribution in [0.1, 0.15) is 24.3 Å². The second-order valence-electron chi connectivity index (χ2n) is 6.96. The Bertz CT molecular complexity index is 1200. The lowest BCUT2D eigenvalue weighted by Crippen LogP contribution is -2.29. The molecule has 1 aliphatic heterocycles. The van der Waals surface area contributed by atoms with Crippen LogP contribution in [0.4, 0.5) is 5.69 Å². The number of nitrogens with zero attached hydrogens (tertiary/aromatic N) is 1. The van der Waals surface area contributed by atoms with E-state index in [-0.39, 0.29) is 16.2 Å². The van der Waals surface area contributed by atoms with Gasteiger partial charge >= 0.3 is 0 Å². The van der Waals surface area contributed by atoms with Gasteiger partial charge in [-0.15, -0.1) is 0 Å². The Kier molecular flexibility index (Phi) is 5.92. The number of ether oxygens (including phenoxy) is 2. The number of benzene rings is 2. The number of aliphatic hydroxyl groups is 1. The number of carbonyl (C=O) groups is 2. The minimum atomic E-state index is -0.996. The predicted octanol–water partition coefficient (Wildman–Crippen LogP) is 4.97. The highest BCUT2D eigenvalue weighted by atomic mass is 35.5. The summed E-state index contributed by atoms with van der Waals surface area (Å²) in [6.07, 6.45) is 1.43. The number of carbonyl (C=O) groups excluding carboxylic acids is 2. The zero-order chi connectivity index (χ0) is 22.8. The fraction of sp³-hybridized carbons (Fsp3) is 0.167. The van der Waals surface area contributed by atoms with E-state index in [1.54, 1.807) is 48.5 Å². The Morgan fingerprint density at radius 2 is 1.94 bits per heavy atom. The summed E-state index contributed by atoms with van der Waals surface area (Å²) in [5.74, 6) is -0.791. The molecule has 1 unspecified atom stereocenters. The zero-order valence-corrected chi connectivity index (χ0v) is 18.1. The molecule has 32 heavy (non-hydrogen) atoms. The molecule has 1 amide bonds. The van der Waals surface area contributed by atoms with Crippen molar-refractivity contribution in [3.8, 4) is 11.5 Å². The van der Waals surface area contributed by atoms with Gasteiger partial charge in [-0.1, -0.05) is 17.7 Å². The van der Waals surface area contributed by atoms with Crippen LogP contribution in [0, 0.1) is 0 Å². The highest BCUT2D eigenvalue weighted by Gasteiger charge is 2.48. The molecule has 0 spiro atoms. The molecule has 1 fully saturated rings. The molecule has 1 saturated heterocycles. The SMILES string of the molecule is CCOc1ccc(Cl)c(/C(O)=C2/C(=O)C(=O)N(c3cccc(OC)c3)C2c2ccco2)c1. The lowest BCUT2D eigenvalue weighted by molar-refractivity contribution is -0.132. The topological polar surface area (TPSA) is 89.2 Å². The van der Waals surface area contributed by atoms with E-state index in [2.05, 4.69) is 0 Å². The third-order valence-corrected chi connectivity index (χ3v) is 5.42. The van der Waals surface area contributed by atoms with E-state index in [1.807, 2.05) is 6.92 Å². The highest BCUT2D eigenvalue weighted by molar-refractivity contribution is 6.52. The van der Waals surface area contributed by atoms with Gasteiger partial charge in [-0.3, -0.25) is 14.5 Å². The van der Waals surface area contributed by atoms with Gasteiger partial charge in [0.05, 0.1) is 30.6 Å². The van der Waals surface area contributed by atoms with Gasteiger partial charge in [-0.05, 0) is 49.4 Å². The Hall–Kier alpha value is -3.71. The summed E-state index contributed by atoms with van der Waals surface area (Å²) in [5, 5.41) is 11.4. The van der Waals surface area contributed by atoms with Crippen molar-refractivity contribution >= 4 is 34.7 Å². The van der Waals surface area contributed by atoms with Gasteiger partial charge in [0.25, 0.3) is 11.7 Å². The molecule has 1 N–H and O–H groups in total. The molecule has 7 nitrogen and oxygen atoms in total. The quantitative estimate of drug-likeness (QED) is 0.322. The van der Waals surface area contributed by atoms with Crippen LogP contribution in [0.15, 0.2) is 70.9 Å². The number of ketones is 1. The van der Waals surface area contributed by atoms with Gasteiger partial charge in [-0.2, -0.15) is 0 Å². The first-order valence-electron chi connectivity index (χ1n) is 9.87. The maximum atomic E-state index is 13.1. The Morgan fingerprint density at radius 1 is 1.12 bits per heavy atom. The van der Waals surface area contributed by atoms with E-state index in [9.17, 15) is 14.7 Å². The van der Waals surface area contributed by atoms with E-state index in [0.717, 1.165) is 0 Å². The van der Waals surface area contributed by atoms with E-state index in [0.29, 0.717) is 29.6 Å². The number of hydrogen-bond donors (Lipinski definition) is 1. The molecule has 4 rings (SSSR count). The average molecular weight is 454 g/mol. The van der Waals surface area contributed by atoms with Crippen molar-refractivity contribution in [3.63, 3.8) is 0 Å². The fourth-order valence-corrected chi connectivity index (χ4v) is 3.87. The molecule has 8 heteroatoms. The molecular weight excluding hydrogens is 434 g/mol. The van der Waals surface area contributed by atoms with Crippen LogP contribution in [-0.2, 0) is 9.59 Å². The van der Waals surface area contributed by atoms with Crippen LogP contribution in [0.2, 0.25) is 5.02 Å². The third kappa shape index (κ3) is 3.71. The molecule has 1 aliphatic rings. The number of furan rings is 1. The summed E-state index contributed by atoms with van der Waals surface area (Å²) in [6.45, 7) is 2.24. The minimum Gasteiger partial charge on any atom is -0.507 e. The first-order chi connectivity index (χ1) is 15.5. The zero-order valence-electron chi connectivity index (χ0n) is 17.4. The van der Waals surface area contributed by atoms with Gasteiger partial charge in [-0.25, -0.2) is 0 Å². The highest BCUT2D eigenvalue weighted by Crippen LogP contribution is 2.44. The molecule has 3 aromatic rings. The van der Waals surface area contributed by atoms with Crippen LogP contribution < -0.4 is 14.4 Å². The van der Waals surface area contributed by atoms with Gasteiger partial charge in [0.15, 0.2) is 0 Å². The number of hydrogen-bond acceptors (Lipinski definition) is 6. The fourth-order valence-electron chi connectivity index (χ4n) is 3.66. The molecule has 0 bridgehead atoms. The van der Waals surface area contributed by atoms with E-state index >= 15 is 0 Å². The summed E-state index contributed by atoms with van der Waals surface area (Å²) in [5.41, 5.74) is 0.460. The minimum absolute atomic E-state index is 0.136. The van der Waals surface area contributed by atoms with Crippen LogP contribution in [-0.4, -0.2) is 30.5 Å². The first kappa shape index (κ1) is 21.5. The summed E-state index contributed by atoms with van der Waals surface area (Å²) in [7, 11) is 1.50. The lowest BCUT2D eigenvalue weighted by atomic mass is 9.99. The van der Waals surface area contributed by atoms with Crippen molar-refractivity contribution in [2.75, 3.05) is 18.6 Å². The van der Waals surface area contributed by atoms with Crippen molar-refractivity contribution in [2.45, 2.75) is 13.0 Å². The molecule has 0 saturated carbocycles. The standard InChI is InChI=1S/C24H20ClNO6/c1-3-31-16-9-10-18(25)17(13-16)22(27)20-21(19-8-5-11-32-19)26(24(29)23(20)28)14-6-4-7-15(12-14)30-2/h4-13,21,27H,3H2,1-2H3/b22-20-. The molecular formula is C24H20ClNO6. The van der Waals surface area contributed by atoms with Crippen molar-refractivity contribution in [1.29, 1.82) is 0 Å². The number of halogens is 1. The number of aliphatic hydroxyl groups excluding tert-OH is 1. The normalized spacial score (nSPS) is 17.6. The van der Waals surface area contributed by atoms with Crippen molar-refractivity contribution in [2.24, 2.45) is 0 Å².